The highest BCUT2D eigenvalue weighted by Gasteiger charge is 2.11. The summed E-state index contributed by atoms with van der Waals surface area (Å²) in [4.78, 5) is 35.6. The van der Waals surface area contributed by atoms with E-state index in [0.29, 0.717) is 17.0 Å². The summed E-state index contributed by atoms with van der Waals surface area (Å²) in [6.07, 6.45) is 0. The summed E-state index contributed by atoms with van der Waals surface area (Å²) in [6.45, 7) is 3.08. The SMILES string of the molecule is COc1ccc(C(=O)NCC(=O)OCC(=O)Nc2ccc(C)cc2C)cc1. The lowest BCUT2D eigenvalue weighted by molar-refractivity contribution is -0.146. The molecule has 2 amide bonds. The van der Waals surface area contributed by atoms with E-state index < -0.39 is 24.4 Å². The Hall–Kier alpha value is -3.35. The summed E-state index contributed by atoms with van der Waals surface area (Å²) in [5.74, 6) is -0.945. The van der Waals surface area contributed by atoms with Crippen molar-refractivity contribution in [1.29, 1.82) is 0 Å². The number of nitrogens with one attached hydrogen (secondary N) is 2. The summed E-state index contributed by atoms with van der Waals surface area (Å²) in [7, 11) is 1.53. The van der Waals surface area contributed by atoms with Gasteiger partial charge in [0.05, 0.1) is 7.11 Å². The van der Waals surface area contributed by atoms with Gasteiger partial charge in [-0.1, -0.05) is 17.7 Å². The van der Waals surface area contributed by atoms with E-state index in [2.05, 4.69) is 10.6 Å². The number of ether oxygens (including phenoxy) is 2. The predicted molar refractivity (Wildman–Crippen MR) is 101 cm³/mol. The largest absolute Gasteiger partial charge is 0.497 e. The fourth-order valence-corrected chi connectivity index (χ4v) is 2.33. The van der Waals surface area contributed by atoms with Crippen molar-refractivity contribution in [2.75, 3.05) is 25.6 Å². The van der Waals surface area contributed by atoms with E-state index in [-0.39, 0.29) is 6.54 Å². The van der Waals surface area contributed by atoms with Crippen LogP contribution in [0.4, 0.5) is 5.69 Å². The predicted octanol–water partition coefficient (Wildman–Crippen LogP) is 2.22. The van der Waals surface area contributed by atoms with E-state index in [9.17, 15) is 14.4 Å². The molecule has 0 saturated heterocycles. The van der Waals surface area contributed by atoms with Gasteiger partial charge in [-0.2, -0.15) is 0 Å². The molecule has 0 aliphatic heterocycles. The first-order valence-corrected chi connectivity index (χ1v) is 8.34. The lowest BCUT2D eigenvalue weighted by atomic mass is 10.1. The second-order valence-corrected chi connectivity index (χ2v) is 5.94. The number of hydrogen-bond donors (Lipinski definition) is 2. The third-order valence-corrected chi connectivity index (χ3v) is 3.77. The van der Waals surface area contributed by atoms with Crippen molar-refractivity contribution in [2.45, 2.75) is 13.8 Å². The Balaban J connectivity index is 1.74. The molecule has 7 heteroatoms. The molecule has 27 heavy (non-hydrogen) atoms. The van der Waals surface area contributed by atoms with Gasteiger partial charge in [-0.3, -0.25) is 14.4 Å². The molecule has 0 radical (unpaired) electrons. The van der Waals surface area contributed by atoms with Crippen LogP contribution in [0.5, 0.6) is 5.75 Å². The molecule has 2 N–H and O–H groups in total. The third-order valence-electron chi connectivity index (χ3n) is 3.77. The summed E-state index contributed by atoms with van der Waals surface area (Å²) < 4.78 is 9.89. The maximum atomic E-state index is 12.0. The average Bonchev–Trinajstić information content (AvgIpc) is 2.66. The molecule has 7 nitrogen and oxygen atoms in total. The Bertz CT molecular complexity index is 831. The number of methoxy groups -OCH3 is 1. The molecule has 0 spiro atoms. The van der Waals surface area contributed by atoms with Gasteiger partial charge >= 0.3 is 5.97 Å². The molecule has 2 rings (SSSR count). The van der Waals surface area contributed by atoms with E-state index in [1.165, 1.54) is 7.11 Å². The lowest BCUT2D eigenvalue weighted by Gasteiger charge is -2.10. The van der Waals surface area contributed by atoms with Crippen molar-refractivity contribution < 1.29 is 23.9 Å². The van der Waals surface area contributed by atoms with Crippen molar-refractivity contribution >= 4 is 23.5 Å². The Kier molecular flexibility index (Phi) is 6.93. The van der Waals surface area contributed by atoms with Crippen molar-refractivity contribution in [3.63, 3.8) is 0 Å². The number of hydrogen-bond acceptors (Lipinski definition) is 5. The van der Waals surface area contributed by atoms with Gasteiger partial charge in [-0.15, -0.1) is 0 Å². The fraction of sp³-hybridized carbons (Fsp3) is 0.250. The van der Waals surface area contributed by atoms with Gasteiger partial charge in [-0.05, 0) is 49.7 Å². The standard InChI is InChI=1S/C20H22N2O5/c1-13-4-9-17(14(2)10-13)22-18(23)12-27-19(24)11-21-20(25)15-5-7-16(26-3)8-6-15/h4-10H,11-12H2,1-3H3,(H,21,25)(H,22,23). The molecule has 0 saturated carbocycles. The Morgan fingerprint density at radius 3 is 2.33 bits per heavy atom. The first-order chi connectivity index (χ1) is 12.9. The van der Waals surface area contributed by atoms with E-state index >= 15 is 0 Å². The first-order valence-electron chi connectivity index (χ1n) is 8.34. The van der Waals surface area contributed by atoms with Gasteiger partial charge in [0.15, 0.2) is 6.61 Å². The molecule has 0 heterocycles. The number of carbonyl (C=O) groups is 3. The summed E-state index contributed by atoms with van der Waals surface area (Å²) in [6, 6.07) is 12.1. The number of anilines is 1. The van der Waals surface area contributed by atoms with Crippen LogP contribution in [0, 0.1) is 13.8 Å². The van der Waals surface area contributed by atoms with Crippen molar-refractivity contribution in [1.82, 2.24) is 5.32 Å². The highest BCUT2D eigenvalue weighted by molar-refractivity contribution is 5.96. The number of esters is 1. The molecular formula is C20H22N2O5. The monoisotopic (exact) mass is 370 g/mol. The van der Waals surface area contributed by atoms with Crippen LogP contribution in [-0.4, -0.2) is 38.0 Å². The number of carbonyl (C=O) groups excluding carboxylic acids is 3. The topological polar surface area (TPSA) is 93.7 Å². The van der Waals surface area contributed by atoms with Crippen molar-refractivity contribution in [2.24, 2.45) is 0 Å². The normalized spacial score (nSPS) is 10.0. The van der Waals surface area contributed by atoms with Crippen molar-refractivity contribution in [3.8, 4) is 5.75 Å². The van der Waals surface area contributed by atoms with Gasteiger partial charge in [0.1, 0.15) is 12.3 Å². The van der Waals surface area contributed by atoms with Crippen LogP contribution in [0.25, 0.3) is 0 Å². The average molecular weight is 370 g/mol. The van der Waals surface area contributed by atoms with E-state index in [1.807, 2.05) is 26.0 Å². The quantitative estimate of drug-likeness (QED) is 0.729. The second kappa shape index (κ2) is 9.38. The van der Waals surface area contributed by atoms with Gasteiger partial charge < -0.3 is 20.1 Å². The second-order valence-electron chi connectivity index (χ2n) is 5.94. The van der Waals surface area contributed by atoms with Crippen LogP contribution in [0.2, 0.25) is 0 Å². The van der Waals surface area contributed by atoms with Crippen LogP contribution in [0.1, 0.15) is 21.5 Å². The molecule has 0 bridgehead atoms. The zero-order valence-electron chi connectivity index (χ0n) is 15.5. The van der Waals surface area contributed by atoms with Crippen LogP contribution >= 0.6 is 0 Å². The maximum Gasteiger partial charge on any atom is 0.325 e. The lowest BCUT2D eigenvalue weighted by Crippen LogP contribution is -2.32. The first kappa shape index (κ1) is 20.0. The van der Waals surface area contributed by atoms with Gasteiger partial charge in [0, 0.05) is 11.3 Å². The van der Waals surface area contributed by atoms with Crippen LogP contribution < -0.4 is 15.4 Å². The molecule has 0 atom stereocenters. The van der Waals surface area contributed by atoms with Crippen LogP contribution in [0.15, 0.2) is 42.5 Å². The number of amides is 2. The molecule has 0 unspecified atom stereocenters. The van der Waals surface area contributed by atoms with Crippen LogP contribution in [-0.2, 0) is 14.3 Å². The Morgan fingerprint density at radius 1 is 1.00 bits per heavy atom. The number of rotatable bonds is 7. The zero-order chi connectivity index (χ0) is 19.8. The molecule has 0 fully saturated rings. The summed E-state index contributed by atoms with van der Waals surface area (Å²) in [5, 5.41) is 5.12. The van der Waals surface area contributed by atoms with Crippen molar-refractivity contribution in [3.05, 3.63) is 59.2 Å². The molecule has 2 aromatic carbocycles. The molecular weight excluding hydrogens is 348 g/mol. The Morgan fingerprint density at radius 2 is 1.70 bits per heavy atom. The third kappa shape index (κ3) is 6.14. The van der Waals surface area contributed by atoms with E-state index in [1.54, 1.807) is 30.3 Å². The molecule has 0 aliphatic carbocycles. The molecule has 2 aromatic rings. The smallest absolute Gasteiger partial charge is 0.325 e. The van der Waals surface area contributed by atoms with Gasteiger partial charge in [0.2, 0.25) is 0 Å². The zero-order valence-corrected chi connectivity index (χ0v) is 15.5. The van der Waals surface area contributed by atoms with E-state index in [0.717, 1.165) is 11.1 Å². The van der Waals surface area contributed by atoms with Gasteiger partial charge in [0.25, 0.3) is 11.8 Å². The van der Waals surface area contributed by atoms with Crippen LogP contribution in [0.3, 0.4) is 0 Å². The molecule has 142 valence electrons. The maximum absolute atomic E-state index is 12.0. The minimum Gasteiger partial charge on any atom is -0.497 e. The fourth-order valence-electron chi connectivity index (χ4n) is 2.33. The minimum atomic E-state index is -0.701. The van der Waals surface area contributed by atoms with E-state index in [4.69, 9.17) is 9.47 Å². The molecule has 0 aromatic heterocycles. The number of aryl methyl sites for hydroxylation is 2. The Labute approximate surface area is 157 Å². The van der Waals surface area contributed by atoms with Gasteiger partial charge in [-0.25, -0.2) is 0 Å². The molecule has 0 aliphatic rings. The highest BCUT2D eigenvalue weighted by Crippen LogP contribution is 2.15. The number of benzene rings is 2. The summed E-state index contributed by atoms with van der Waals surface area (Å²) in [5.41, 5.74) is 3.05. The summed E-state index contributed by atoms with van der Waals surface area (Å²) >= 11 is 0. The minimum absolute atomic E-state index is 0.332. The highest BCUT2D eigenvalue weighted by atomic mass is 16.5.